The number of aromatic amines is 2. The highest BCUT2D eigenvalue weighted by Gasteiger charge is 2.25. The second kappa shape index (κ2) is 19.5. The molecule has 8 nitrogen and oxygen atoms in total. The summed E-state index contributed by atoms with van der Waals surface area (Å²) >= 11 is 0. The van der Waals surface area contributed by atoms with Crippen molar-refractivity contribution in [1.82, 2.24) is 19.9 Å². The molecule has 0 saturated heterocycles. The summed E-state index contributed by atoms with van der Waals surface area (Å²) in [5.41, 5.74) is 14.2. The number of rotatable bonds is 15. The minimum Gasteiger partial charge on any atom is -0.354 e. The van der Waals surface area contributed by atoms with Gasteiger partial charge in [-0.3, -0.25) is 10.1 Å². The molecule has 0 saturated carbocycles. The minimum absolute atomic E-state index is 0.0577. The minimum atomic E-state index is -0.659. The number of fused-ring (bicyclic) bond motifs is 8. The van der Waals surface area contributed by atoms with Crippen LogP contribution in [0.3, 0.4) is 0 Å². The zero-order valence-corrected chi connectivity index (χ0v) is 36.1. The summed E-state index contributed by atoms with van der Waals surface area (Å²) in [6.45, 7) is 0. The fraction of sp³-hybridized carbons (Fsp3) is 0.175. The van der Waals surface area contributed by atoms with Gasteiger partial charge in [-0.1, -0.05) is 130 Å². The van der Waals surface area contributed by atoms with Crippen LogP contribution in [0.15, 0.2) is 133 Å². The van der Waals surface area contributed by atoms with Gasteiger partial charge in [0.05, 0.1) is 39.7 Å². The van der Waals surface area contributed by atoms with Crippen LogP contribution in [0.2, 0.25) is 0 Å². The maximum atomic E-state index is 12.6. The lowest BCUT2D eigenvalue weighted by molar-refractivity contribution is -0.385. The average molecular weight is 849 g/mol. The first-order valence-electron chi connectivity index (χ1n) is 22.4. The number of hydrogen-bond acceptors (Lipinski definition) is 5. The molecule has 2 aliphatic rings. The second-order valence-corrected chi connectivity index (χ2v) is 16.5. The van der Waals surface area contributed by atoms with Gasteiger partial charge < -0.3 is 9.97 Å². The van der Waals surface area contributed by atoms with E-state index in [0.717, 1.165) is 135 Å². The molecule has 318 valence electrons. The Hall–Kier alpha value is -8.07. The molecule has 0 spiro atoms. The standard InChI is InChI=1S/C57H48N6O2/c1-2-3-4-5-6-7-8-9-13-26-43(38-58)44-37-42(27-36-53(44)63(64)65)57-51-34-32-49(61-51)55(40-22-16-11-17-23-40)47-30-28-45(59-47)54(39-20-14-10-15-21-39)46-29-31-48(60-46)56(41-24-18-12-19-25-41)50-33-35-52(57)62-50/h1,10-12,14-25,27-37,43,59,62H,3-9,13,26H2. The monoisotopic (exact) mass is 848 g/mol. The first-order chi connectivity index (χ1) is 32.0. The van der Waals surface area contributed by atoms with Crippen LogP contribution < -0.4 is 0 Å². The SMILES string of the molecule is C#CCCCCCCCCCC(C#N)c1cc(-c2c3nc(c(-c4ccccc4)c4ccc([nH]4)c(-c4ccccc4)c4nc(c(-c5ccccc5)c5ccc2[nH]5)C=C4)C=C3)ccc1[N+](=O)[O-]. The van der Waals surface area contributed by atoms with E-state index < -0.39 is 5.92 Å². The molecule has 1 unspecified atom stereocenters. The Balaban J connectivity index is 1.27. The van der Waals surface area contributed by atoms with Crippen LogP contribution in [0.5, 0.6) is 0 Å². The van der Waals surface area contributed by atoms with Crippen molar-refractivity contribution in [3.63, 3.8) is 0 Å². The molecule has 0 radical (unpaired) electrons. The first-order valence-corrected chi connectivity index (χ1v) is 22.4. The summed E-state index contributed by atoms with van der Waals surface area (Å²) < 4.78 is 0. The van der Waals surface area contributed by atoms with Crippen molar-refractivity contribution >= 4 is 52.1 Å². The second-order valence-electron chi connectivity index (χ2n) is 16.5. The van der Waals surface area contributed by atoms with Crippen LogP contribution in [0.1, 0.15) is 92.0 Å². The van der Waals surface area contributed by atoms with Crippen LogP contribution in [-0.4, -0.2) is 24.9 Å². The summed E-state index contributed by atoms with van der Waals surface area (Å²) in [5.74, 6) is 2.05. The number of nitro benzene ring substituents is 1. The van der Waals surface area contributed by atoms with Crippen molar-refractivity contribution in [1.29, 1.82) is 5.26 Å². The fourth-order valence-electron chi connectivity index (χ4n) is 9.14. The third-order valence-electron chi connectivity index (χ3n) is 12.3. The van der Waals surface area contributed by atoms with Gasteiger partial charge in [-0.25, -0.2) is 9.97 Å². The number of hydrogen-bond donors (Lipinski definition) is 2. The quantitative estimate of drug-likeness (QED) is 0.0460. The van der Waals surface area contributed by atoms with Crippen LogP contribution in [0.4, 0.5) is 5.69 Å². The lowest BCUT2D eigenvalue weighted by atomic mass is 9.90. The van der Waals surface area contributed by atoms with Crippen molar-refractivity contribution in [2.45, 2.75) is 63.7 Å². The normalized spacial score (nSPS) is 12.2. The molecular formula is C57H48N6O2. The van der Waals surface area contributed by atoms with Crippen LogP contribution in [-0.2, 0) is 0 Å². The highest BCUT2D eigenvalue weighted by Crippen LogP contribution is 2.40. The summed E-state index contributed by atoms with van der Waals surface area (Å²) in [6.07, 6.45) is 22.2. The number of H-pyrrole nitrogens is 2. The van der Waals surface area contributed by atoms with Gasteiger partial charge >= 0.3 is 0 Å². The van der Waals surface area contributed by atoms with E-state index in [1.54, 1.807) is 12.1 Å². The first kappa shape index (κ1) is 42.2. The predicted molar refractivity (Wildman–Crippen MR) is 266 cm³/mol. The van der Waals surface area contributed by atoms with E-state index in [-0.39, 0.29) is 10.6 Å². The highest BCUT2D eigenvalue weighted by molar-refractivity contribution is 6.00. The van der Waals surface area contributed by atoms with E-state index >= 15 is 0 Å². The van der Waals surface area contributed by atoms with Crippen molar-refractivity contribution < 1.29 is 4.92 Å². The van der Waals surface area contributed by atoms with Crippen molar-refractivity contribution in [2.75, 3.05) is 0 Å². The smallest absolute Gasteiger partial charge is 0.273 e. The molecule has 1 atom stereocenters. The van der Waals surface area contributed by atoms with Gasteiger partial charge in [-0.05, 0) is 95.8 Å². The maximum absolute atomic E-state index is 12.6. The molecule has 0 aliphatic carbocycles. The number of terminal acetylenes is 1. The zero-order chi connectivity index (χ0) is 44.5. The molecule has 7 aromatic rings. The Morgan fingerprint density at radius 1 is 0.538 bits per heavy atom. The molecule has 5 heterocycles. The third-order valence-corrected chi connectivity index (χ3v) is 12.3. The van der Waals surface area contributed by atoms with E-state index in [1.165, 1.54) is 0 Å². The summed E-state index contributed by atoms with van der Waals surface area (Å²) in [4.78, 5) is 30.5. The molecule has 4 aromatic carbocycles. The van der Waals surface area contributed by atoms with Gasteiger partial charge in [-0.2, -0.15) is 5.26 Å². The molecule has 9 rings (SSSR count). The van der Waals surface area contributed by atoms with E-state index in [2.05, 4.69) is 88.7 Å². The molecule has 65 heavy (non-hydrogen) atoms. The molecule has 3 aromatic heterocycles. The number of nitrogens with one attached hydrogen (secondary N) is 2. The maximum Gasteiger partial charge on any atom is 0.273 e. The highest BCUT2D eigenvalue weighted by atomic mass is 16.6. The predicted octanol–water partition coefficient (Wildman–Crippen LogP) is 15.0. The molecule has 8 bridgehead atoms. The molecule has 2 N–H and O–H groups in total. The largest absolute Gasteiger partial charge is 0.354 e. The van der Waals surface area contributed by atoms with Crippen LogP contribution >= 0.6 is 0 Å². The van der Waals surface area contributed by atoms with Crippen molar-refractivity contribution in [3.8, 4) is 62.9 Å². The lowest BCUT2D eigenvalue weighted by Crippen LogP contribution is -2.03. The summed E-state index contributed by atoms with van der Waals surface area (Å²) in [6, 6.07) is 46.7. The van der Waals surface area contributed by atoms with E-state index in [9.17, 15) is 15.4 Å². The molecule has 8 heteroatoms. The van der Waals surface area contributed by atoms with Gasteiger partial charge in [0.1, 0.15) is 0 Å². The Labute approximate surface area is 379 Å². The number of benzene rings is 4. The van der Waals surface area contributed by atoms with Gasteiger partial charge in [0.2, 0.25) is 0 Å². The topological polar surface area (TPSA) is 124 Å². The molecule has 2 aliphatic heterocycles. The zero-order valence-electron chi connectivity index (χ0n) is 36.1. The van der Waals surface area contributed by atoms with Crippen LogP contribution in [0.25, 0.3) is 90.9 Å². The summed E-state index contributed by atoms with van der Waals surface area (Å²) in [7, 11) is 0. The fourth-order valence-corrected chi connectivity index (χ4v) is 9.14. The number of unbranched alkanes of at least 4 members (excludes halogenated alkanes) is 7. The van der Waals surface area contributed by atoms with E-state index in [4.69, 9.17) is 16.4 Å². The summed E-state index contributed by atoms with van der Waals surface area (Å²) in [5, 5.41) is 23.2. The lowest BCUT2D eigenvalue weighted by Gasteiger charge is -2.13. The van der Waals surface area contributed by atoms with Gasteiger partial charge in [0, 0.05) is 62.4 Å². The molecule has 0 amide bonds. The molecule has 0 fully saturated rings. The average Bonchev–Trinajstić information content (AvgIpc) is 4.19. The van der Waals surface area contributed by atoms with Gasteiger partial charge in [0.25, 0.3) is 5.69 Å². The van der Waals surface area contributed by atoms with Gasteiger partial charge in [-0.15, -0.1) is 12.3 Å². The van der Waals surface area contributed by atoms with Crippen LogP contribution in [0, 0.1) is 33.8 Å². The Kier molecular flexibility index (Phi) is 12.7. The van der Waals surface area contributed by atoms with Crippen molar-refractivity contribution in [2.24, 2.45) is 0 Å². The van der Waals surface area contributed by atoms with E-state index in [1.807, 2.05) is 78.9 Å². The third kappa shape index (κ3) is 9.07. The Morgan fingerprint density at radius 3 is 1.34 bits per heavy atom. The Bertz CT molecular complexity index is 3150. The number of aromatic nitrogens is 4. The number of nitro groups is 1. The van der Waals surface area contributed by atoms with Crippen molar-refractivity contribution in [3.05, 3.63) is 172 Å². The van der Waals surface area contributed by atoms with E-state index in [0.29, 0.717) is 17.7 Å². The van der Waals surface area contributed by atoms with Gasteiger partial charge in [0.15, 0.2) is 0 Å². The molecular weight excluding hydrogens is 801 g/mol. The number of nitrogens with zero attached hydrogens (tertiary/aromatic N) is 4. The Morgan fingerprint density at radius 2 is 0.938 bits per heavy atom. The number of nitriles is 1.